The first-order valence-corrected chi connectivity index (χ1v) is 8.23. The molecule has 0 saturated heterocycles. The van der Waals surface area contributed by atoms with E-state index >= 15 is 0 Å². The lowest BCUT2D eigenvalue weighted by Crippen LogP contribution is -2.37. The zero-order chi connectivity index (χ0) is 15.7. The number of aliphatic carboxylic acids is 1. The van der Waals surface area contributed by atoms with Gasteiger partial charge in [0.05, 0.1) is 5.92 Å². The zero-order valence-electron chi connectivity index (χ0n) is 13.4. The highest BCUT2D eigenvalue weighted by Gasteiger charge is 2.18. The van der Waals surface area contributed by atoms with Crippen LogP contribution in [0.25, 0.3) is 0 Å². The van der Waals surface area contributed by atoms with Crippen LogP contribution < -0.4 is 10.6 Å². The van der Waals surface area contributed by atoms with Gasteiger partial charge in [-0.1, -0.05) is 33.1 Å². The predicted molar refractivity (Wildman–Crippen MR) is 83.2 cm³/mol. The summed E-state index contributed by atoms with van der Waals surface area (Å²) in [4.78, 5) is 22.2. The van der Waals surface area contributed by atoms with Gasteiger partial charge in [0.25, 0.3) is 0 Å². The molecule has 1 aliphatic carbocycles. The Morgan fingerprint density at radius 2 is 1.95 bits per heavy atom. The minimum Gasteiger partial charge on any atom is -0.481 e. The van der Waals surface area contributed by atoms with Crippen molar-refractivity contribution >= 4 is 12.0 Å². The molecule has 5 heteroatoms. The topological polar surface area (TPSA) is 78.4 Å². The van der Waals surface area contributed by atoms with Gasteiger partial charge in [-0.05, 0) is 37.5 Å². The third-order valence-electron chi connectivity index (χ3n) is 4.40. The van der Waals surface area contributed by atoms with Crippen LogP contribution in [-0.2, 0) is 4.79 Å². The Kier molecular flexibility index (Phi) is 8.16. The maximum atomic E-state index is 11.6. The van der Waals surface area contributed by atoms with Crippen LogP contribution in [0.4, 0.5) is 4.79 Å². The van der Waals surface area contributed by atoms with E-state index in [0.717, 1.165) is 24.8 Å². The Bertz CT molecular complexity index is 333. The molecule has 0 heterocycles. The lowest BCUT2D eigenvalue weighted by molar-refractivity contribution is -0.141. The van der Waals surface area contributed by atoms with E-state index in [1.54, 1.807) is 6.92 Å². The fourth-order valence-corrected chi connectivity index (χ4v) is 3.01. The smallest absolute Gasteiger partial charge is 0.314 e. The van der Waals surface area contributed by atoms with Crippen LogP contribution in [-0.4, -0.2) is 30.2 Å². The van der Waals surface area contributed by atoms with E-state index in [1.807, 2.05) is 0 Å². The Labute approximate surface area is 127 Å². The molecule has 122 valence electrons. The van der Waals surface area contributed by atoms with Crippen molar-refractivity contribution in [3.63, 3.8) is 0 Å². The SMILES string of the molecule is CC1CCCC(CCNC(=O)NCCCC(C)C(=O)O)C1. The van der Waals surface area contributed by atoms with Gasteiger partial charge in [0.2, 0.25) is 0 Å². The van der Waals surface area contributed by atoms with Crippen molar-refractivity contribution in [2.24, 2.45) is 17.8 Å². The van der Waals surface area contributed by atoms with Crippen LogP contribution in [0.2, 0.25) is 0 Å². The number of nitrogens with one attached hydrogen (secondary N) is 2. The first-order chi connectivity index (χ1) is 9.99. The molecule has 0 spiro atoms. The molecule has 0 bridgehead atoms. The molecule has 0 aromatic carbocycles. The molecule has 1 aliphatic rings. The summed E-state index contributed by atoms with van der Waals surface area (Å²) in [6.45, 7) is 5.26. The third kappa shape index (κ3) is 7.93. The van der Waals surface area contributed by atoms with Gasteiger partial charge in [-0.3, -0.25) is 4.79 Å². The number of hydrogen-bond acceptors (Lipinski definition) is 2. The summed E-state index contributed by atoms with van der Waals surface area (Å²) in [5.74, 6) is 0.462. The van der Waals surface area contributed by atoms with Gasteiger partial charge in [-0.15, -0.1) is 0 Å². The minimum absolute atomic E-state index is 0.137. The minimum atomic E-state index is -0.777. The Balaban J connectivity index is 2.00. The molecule has 0 aliphatic heterocycles. The summed E-state index contributed by atoms with van der Waals surface area (Å²) >= 11 is 0. The molecular weight excluding hydrogens is 268 g/mol. The standard InChI is InChI=1S/C16H30N2O3/c1-12-5-3-7-14(11-12)8-10-18-16(21)17-9-4-6-13(2)15(19)20/h12-14H,3-11H2,1-2H3,(H,19,20)(H2,17,18,21). The molecule has 3 unspecified atom stereocenters. The number of carbonyl (C=O) groups excluding carboxylic acids is 1. The van der Waals surface area contributed by atoms with Crippen molar-refractivity contribution in [1.82, 2.24) is 10.6 Å². The fourth-order valence-electron chi connectivity index (χ4n) is 3.01. The maximum Gasteiger partial charge on any atom is 0.314 e. The molecule has 1 rings (SSSR count). The molecule has 5 nitrogen and oxygen atoms in total. The lowest BCUT2D eigenvalue weighted by atomic mass is 9.81. The maximum absolute atomic E-state index is 11.6. The second-order valence-corrected chi connectivity index (χ2v) is 6.49. The fraction of sp³-hybridized carbons (Fsp3) is 0.875. The lowest BCUT2D eigenvalue weighted by Gasteiger charge is -2.26. The van der Waals surface area contributed by atoms with Crippen molar-refractivity contribution in [1.29, 1.82) is 0 Å². The van der Waals surface area contributed by atoms with Gasteiger partial charge >= 0.3 is 12.0 Å². The second-order valence-electron chi connectivity index (χ2n) is 6.49. The highest BCUT2D eigenvalue weighted by atomic mass is 16.4. The number of carboxylic acids is 1. The van der Waals surface area contributed by atoms with E-state index < -0.39 is 5.97 Å². The number of hydrogen-bond donors (Lipinski definition) is 3. The molecule has 21 heavy (non-hydrogen) atoms. The summed E-state index contributed by atoms with van der Waals surface area (Å²) in [6, 6.07) is -0.137. The molecule has 3 atom stereocenters. The Morgan fingerprint density at radius 3 is 2.62 bits per heavy atom. The van der Waals surface area contributed by atoms with E-state index in [-0.39, 0.29) is 11.9 Å². The number of carboxylic acid groups (broad SMARTS) is 1. The number of carbonyl (C=O) groups is 2. The van der Waals surface area contributed by atoms with Crippen LogP contribution in [0.5, 0.6) is 0 Å². The second kappa shape index (κ2) is 9.64. The van der Waals surface area contributed by atoms with Crippen LogP contribution in [0, 0.1) is 17.8 Å². The van der Waals surface area contributed by atoms with E-state index in [1.165, 1.54) is 25.7 Å². The summed E-state index contributed by atoms with van der Waals surface area (Å²) in [5.41, 5.74) is 0. The van der Waals surface area contributed by atoms with E-state index in [2.05, 4.69) is 17.6 Å². The molecule has 1 fully saturated rings. The van der Waals surface area contributed by atoms with E-state index in [9.17, 15) is 9.59 Å². The predicted octanol–water partition coefficient (Wildman–Crippen LogP) is 3.00. The van der Waals surface area contributed by atoms with Crippen LogP contribution in [0.1, 0.15) is 58.8 Å². The molecule has 3 N–H and O–H groups in total. The van der Waals surface area contributed by atoms with Crippen molar-refractivity contribution in [3.8, 4) is 0 Å². The highest BCUT2D eigenvalue weighted by molar-refractivity contribution is 5.73. The molecule has 0 aromatic heterocycles. The molecular formula is C16H30N2O3. The molecule has 2 amide bonds. The third-order valence-corrected chi connectivity index (χ3v) is 4.40. The summed E-state index contributed by atoms with van der Waals surface area (Å²) < 4.78 is 0. The molecule has 0 aromatic rings. The van der Waals surface area contributed by atoms with Gasteiger partial charge in [0.15, 0.2) is 0 Å². The number of amides is 2. The normalized spacial score (nSPS) is 23.3. The first-order valence-electron chi connectivity index (χ1n) is 8.23. The van der Waals surface area contributed by atoms with Crippen LogP contribution >= 0.6 is 0 Å². The van der Waals surface area contributed by atoms with Gasteiger partial charge in [-0.2, -0.15) is 0 Å². The van der Waals surface area contributed by atoms with Crippen LogP contribution in [0.3, 0.4) is 0 Å². The highest BCUT2D eigenvalue weighted by Crippen LogP contribution is 2.30. The Morgan fingerprint density at radius 1 is 1.24 bits per heavy atom. The summed E-state index contributed by atoms with van der Waals surface area (Å²) in [5, 5.41) is 14.4. The van der Waals surface area contributed by atoms with Crippen molar-refractivity contribution < 1.29 is 14.7 Å². The van der Waals surface area contributed by atoms with Gasteiger partial charge in [0, 0.05) is 13.1 Å². The Hall–Kier alpha value is -1.26. The van der Waals surface area contributed by atoms with Crippen molar-refractivity contribution in [2.75, 3.05) is 13.1 Å². The number of urea groups is 1. The monoisotopic (exact) mass is 298 g/mol. The van der Waals surface area contributed by atoms with Crippen LogP contribution in [0.15, 0.2) is 0 Å². The average Bonchev–Trinajstić information content (AvgIpc) is 2.43. The van der Waals surface area contributed by atoms with Gasteiger partial charge < -0.3 is 15.7 Å². The number of rotatable bonds is 8. The van der Waals surface area contributed by atoms with E-state index in [0.29, 0.717) is 19.4 Å². The molecule has 0 radical (unpaired) electrons. The van der Waals surface area contributed by atoms with Crippen molar-refractivity contribution in [3.05, 3.63) is 0 Å². The largest absolute Gasteiger partial charge is 0.481 e. The summed E-state index contributed by atoms with van der Waals surface area (Å²) in [6.07, 6.45) is 7.60. The molecule has 1 saturated carbocycles. The first kappa shape index (κ1) is 17.8. The quantitative estimate of drug-likeness (QED) is 0.603. The van der Waals surface area contributed by atoms with Gasteiger partial charge in [-0.25, -0.2) is 4.79 Å². The summed E-state index contributed by atoms with van der Waals surface area (Å²) in [7, 11) is 0. The van der Waals surface area contributed by atoms with E-state index in [4.69, 9.17) is 5.11 Å². The van der Waals surface area contributed by atoms with Gasteiger partial charge in [0.1, 0.15) is 0 Å². The van der Waals surface area contributed by atoms with Crippen molar-refractivity contribution in [2.45, 2.75) is 58.8 Å². The zero-order valence-corrected chi connectivity index (χ0v) is 13.4. The average molecular weight is 298 g/mol.